The van der Waals surface area contributed by atoms with Gasteiger partial charge in [0, 0.05) is 12.3 Å². The molecule has 6 heteroatoms. The minimum absolute atomic E-state index is 0.218. The van der Waals surface area contributed by atoms with Crippen LogP contribution >= 0.6 is 12.2 Å². The highest BCUT2D eigenvalue weighted by atomic mass is 32.2. The van der Waals surface area contributed by atoms with Gasteiger partial charge in [-0.1, -0.05) is 26.1 Å². The first kappa shape index (κ1) is 15.8. The molecule has 0 saturated heterocycles. The first-order valence-electron chi connectivity index (χ1n) is 5.62. The minimum Gasteiger partial charge on any atom is -0.392 e. The van der Waals surface area contributed by atoms with Crippen molar-refractivity contribution in [1.29, 1.82) is 0 Å². The standard InChI is InChI=1S/C10H22N2O2S2/c1-3-6-12(9-10(11)15)7-5-8-16(13,14)4-2/h3-9H2,1-2H3,(H2,11,15). The third kappa shape index (κ3) is 8.01. The fourth-order valence-corrected chi connectivity index (χ4v) is 2.50. The molecular formula is C10H22N2O2S2. The maximum absolute atomic E-state index is 11.3. The first-order chi connectivity index (χ1) is 7.41. The predicted molar refractivity (Wildman–Crippen MR) is 72.5 cm³/mol. The van der Waals surface area contributed by atoms with Crippen LogP contribution in [0.15, 0.2) is 0 Å². The molecule has 0 aromatic carbocycles. The zero-order valence-corrected chi connectivity index (χ0v) is 11.7. The highest BCUT2D eigenvalue weighted by Crippen LogP contribution is 1.98. The van der Waals surface area contributed by atoms with Gasteiger partial charge in [0.05, 0.1) is 10.7 Å². The third-order valence-electron chi connectivity index (χ3n) is 2.29. The fourth-order valence-electron chi connectivity index (χ4n) is 1.46. The summed E-state index contributed by atoms with van der Waals surface area (Å²) in [7, 11) is -2.85. The van der Waals surface area contributed by atoms with Crippen LogP contribution in [0.1, 0.15) is 26.7 Å². The maximum atomic E-state index is 11.3. The van der Waals surface area contributed by atoms with E-state index in [-0.39, 0.29) is 11.5 Å². The molecule has 4 nitrogen and oxygen atoms in total. The van der Waals surface area contributed by atoms with E-state index < -0.39 is 9.84 Å². The Labute approximate surface area is 104 Å². The number of nitrogens with zero attached hydrogens (tertiary/aromatic N) is 1. The summed E-state index contributed by atoms with van der Waals surface area (Å²) in [6.07, 6.45) is 1.67. The summed E-state index contributed by atoms with van der Waals surface area (Å²) in [6, 6.07) is 0. The van der Waals surface area contributed by atoms with Gasteiger partial charge >= 0.3 is 0 Å². The van der Waals surface area contributed by atoms with Crippen LogP contribution in [0.25, 0.3) is 0 Å². The summed E-state index contributed by atoms with van der Waals surface area (Å²) in [5.41, 5.74) is 5.48. The van der Waals surface area contributed by atoms with Crippen LogP contribution in [-0.4, -0.2) is 49.4 Å². The molecule has 0 aromatic rings. The van der Waals surface area contributed by atoms with Crippen LogP contribution in [0.5, 0.6) is 0 Å². The van der Waals surface area contributed by atoms with Crippen molar-refractivity contribution in [3.8, 4) is 0 Å². The van der Waals surface area contributed by atoms with E-state index in [2.05, 4.69) is 11.8 Å². The van der Waals surface area contributed by atoms with Crippen molar-refractivity contribution in [1.82, 2.24) is 4.90 Å². The number of rotatable bonds is 9. The molecule has 0 amide bonds. The SMILES string of the molecule is CCCN(CCCS(=O)(=O)CC)CC(N)=S. The van der Waals surface area contributed by atoms with E-state index in [0.29, 0.717) is 18.0 Å². The molecule has 0 radical (unpaired) electrons. The monoisotopic (exact) mass is 266 g/mol. The Kier molecular flexibility index (Phi) is 7.87. The zero-order chi connectivity index (χ0) is 12.6. The molecule has 0 rings (SSSR count). The summed E-state index contributed by atoms with van der Waals surface area (Å²) in [5.74, 6) is 0.469. The lowest BCUT2D eigenvalue weighted by atomic mass is 10.3. The number of hydrogen-bond donors (Lipinski definition) is 1. The Balaban J connectivity index is 3.97. The lowest BCUT2D eigenvalue weighted by Gasteiger charge is -2.20. The van der Waals surface area contributed by atoms with E-state index in [0.717, 1.165) is 19.5 Å². The fraction of sp³-hybridized carbons (Fsp3) is 0.900. The van der Waals surface area contributed by atoms with Crippen molar-refractivity contribution in [3.63, 3.8) is 0 Å². The Morgan fingerprint density at radius 1 is 1.31 bits per heavy atom. The molecule has 0 bridgehead atoms. The number of thiocarbonyl (C=S) groups is 1. The molecule has 16 heavy (non-hydrogen) atoms. The average molecular weight is 266 g/mol. The van der Waals surface area contributed by atoms with Gasteiger partial charge in [-0.2, -0.15) is 0 Å². The normalized spacial score (nSPS) is 11.9. The van der Waals surface area contributed by atoms with Crippen LogP contribution in [0.3, 0.4) is 0 Å². The molecule has 0 aliphatic rings. The zero-order valence-electron chi connectivity index (χ0n) is 10.1. The third-order valence-corrected chi connectivity index (χ3v) is 4.21. The van der Waals surface area contributed by atoms with E-state index in [9.17, 15) is 8.42 Å². The molecule has 0 aromatic heterocycles. The molecule has 0 heterocycles. The Morgan fingerprint density at radius 2 is 1.94 bits per heavy atom. The molecule has 0 aliphatic carbocycles. The Hall–Kier alpha value is -0.200. The number of nitrogens with two attached hydrogens (primary N) is 1. The van der Waals surface area contributed by atoms with E-state index >= 15 is 0 Å². The lowest BCUT2D eigenvalue weighted by molar-refractivity contribution is 0.313. The van der Waals surface area contributed by atoms with E-state index in [1.807, 2.05) is 0 Å². The summed E-state index contributed by atoms with van der Waals surface area (Å²) in [5, 5.41) is 0. The van der Waals surface area contributed by atoms with Crippen LogP contribution in [-0.2, 0) is 9.84 Å². The molecule has 0 atom stereocenters. The van der Waals surface area contributed by atoms with Crippen LogP contribution < -0.4 is 5.73 Å². The molecule has 0 saturated carbocycles. The second-order valence-electron chi connectivity index (χ2n) is 3.83. The van der Waals surface area contributed by atoms with E-state index in [1.165, 1.54) is 0 Å². The van der Waals surface area contributed by atoms with Gasteiger partial charge in [0.25, 0.3) is 0 Å². The van der Waals surface area contributed by atoms with Crippen LogP contribution in [0.2, 0.25) is 0 Å². The average Bonchev–Trinajstić information content (AvgIpc) is 2.17. The Bertz CT molecular complexity index is 302. The van der Waals surface area contributed by atoms with Gasteiger partial charge in [0.1, 0.15) is 9.84 Å². The Morgan fingerprint density at radius 3 is 2.38 bits per heavy atom. The highest BCUT2D eigenvalue weighted by molar-refractivity contribution is 7.91. The molecule has 0 spiro atoms. The second-order valence-corrected chi connectivity index (χ2v) is 6.83. The van der Waals surface area contributed by atoms with Gasteiger partial charge in [-0.25, -0.2) is 8.42 Å². The van der Waals surface area contributed by atoms with Gasteiger partial charge in [0.15, 0.2) is 0 Å². The first-order valence-corrected chi connectivity index (χ1v) is 7.85. The highest BCUT2D eigenvalue weighted by Gasteiger charge is 2.09. The van der Waals surface area contributed by atoms with Gasteiger partial charge < -0.3 is 5.73 Å². The molecule has 0 unspecified atom stereocenters. The smallest absolute Gasteiger partial charge is 0.150 e. The van der Waals surface area contributed by atoms with Crippen molar-refractivity contribution in [2.75, 3.05) is 31.1 Å². The van der Waals surface area contributed by atoms with Crippen LogP contribution in [0, 0.1) is 0 Å². The predicted octanol–water partition coefficient (Wildman–Crippen LogP) is 0.809. The summed E-state index contributed by atoms with van der Waals surface area (Å²) >= 11 is 4.85. The van der Waals surface area contributed by atoms with Gasteiger partial charge in [0.2, 0.25) is 0 Å². The van der Waals surface area contributed by atoms with E-state index in [4.69, 9.17) is 18.0 Å². The van der Waals surface area contributed by atoms with Crippen LogP contribution in [0.4, 0.5) is 0 Å². The van der Waals surface area contributed by atoms with Gasteiger partial charge in [-0.05, 0) is 25.9 Å². The lowest BCUT2D eigenvalue weighted by Crippen LogP contribution is -2.34. The number of sulfone groups is 1. The second kappa shape index (κ2) is 7.97. The molecule has 0 fully saturated rings. The minimum atomic E-state index is -2.85. The summed E-state index contributed by atoms with van der Waals surface area (Å²) in [4.78, 5) is 2.57. The van der Waals surface area contributed by atoms with E-state index in [1.54, 1.807) is 6.92 Å². The van der Waals surface area contributed by atoms with Gasteiger partial charge in [-0.3, -0.25) is 4.90 Å². The summed E-state index contributed by atoms with van der Waals surface area (Å²) < 4.78 is 22.6. The quantitative estimate of drug-likeness (QED) is 0.626. The van der Waals surface area contributed by atoms with Crippen molar-refractivity contribution >= 4 is 27.0 Å². The molecular weight excluding hydrogens is 244 g/mol. The maximum Gasteiger partial charge on any atom is 0.150 e. The largest absolute Gasteiger partial charge is 0.392 e. The van der Waals surface area contributed by atoms with Gasteiger partial charge in [-0.15, -0.1) is 0 Å². The van der Waals surface area contributed by atoms with Crippen molar-refractivity contribution in [2.24, 2.45) is 5.73 Å². The van der Waals surface area contributed by atoms with Crippen molar-refractivity contribution in [3.05, 3.63) is 0 Å². The topological polar surface area (TPSA) is 63.4 Å². The van der Waals surface area contributed by atoms with Crippen molar-refractivity contribution in [2.45, 2.75) is 26.7 Å². The molecule has 96 valence electrons. The summed E-state index contributed by atoms with van der Waals surface area (Å²) in [6.45, 7) is 5.98. The number of hydrogen-bond acceptors (Lipinski definition) is 4. The molecule has 0 aliphatic heterocycles. The molecule has 2 N–H and O–H groups in total. The van der Waals surface area contributed by atoms with Crippen molar-refractivity contribution < 1.29 is 8.42 Å².